The molecule has 6 nitrogen and oxygen atoms in total. The Morgan fingerprint density at radius 2 is 1.96 bits per heavy atom. The van der Waals surface area contributed by atoms with Gasteiger partial charge in [-0.1, -0.05) is 29.3 Å². The number of carbonyl (C=O) groups excluding carboxylic acids is 1. The van der Waals surface area contributed by atoms with Crippen molar-refractivity contribution in [1.82, 2.24) is 15.2 Å². The average Bonchev–Trinajstić information content (AvgIpc) is 2.90. The first-order chi connectivity index (χ1) is 12.5. The number of hydrogen-bond donors (Lipinski definition) is 2. The van der Waals surface area contributed by atoms with Crippen LogP contribution < -0.4 is 5.43 Å². The van der Waals surface area contributed by atoms with Crippen molar-refractivity contribution < 1.29 is 9.90 Å². The highest BCUT2D eigenvalue weighted by atomic mass is 35.5. The lowest BCUT2D eigenvalue weighted by Crippen LogP contribution is -2.17. The summed E-state index contributed by atoms with van der Waals surface area (Å²) in [6.07, 6.45) is 1.43. The molecule has 0 saturated heterocycles. The van der Waals surface area contributed by atoms with Crippen molar-refractivity contribution in [3.05, 3.63) is 75.5 Å². The van der Waals surface area contributed by atoms with Crippen molar-refractivity contribution in [3.8, 4) is 11.4 Å². The zero-order valence-electron chi connectivity index (χ0n) is 13.6. The zero-order chi connectivity index (χ0) is 18.7. The van der Waals surface area contributed by atoms with Crippen LogP contribution in [0.1, 0.15) is 21.6 Å². The van der Waals surface area contributed by atoms with Gasteiger partial charge in [0, 0.05) is 10.6 Å². The van der Waals surface area contributed by atoms with Crippen molar-refractivity contribution in [3.63, 3.8) is 0 Å². The lowest BCUT2D eigenvalue weighted by molar-refractivity contribution is 0.0955. The number of phenols is 1. The van der Waals surface area contributed by atoms with E-state index in [1.807, 2.05) is 6.07 Å². The fourth-order valence-electron chi connectivity index (χ4n) is 2.27. The minimum atomic E-state index is -0.405. The summed E-state index contributed by atoms with van der Waals surface area (Å²) in [5, 5.41) is 18.5. The highest BCUT2D eigenvalue weighted by molar-refractivity contribution is 6.32. The largest absolute Gasteiger partial charge is 0.508 e. The average molecular weight is 389 g/mol. The Hall–Kier alpha value is -2.83. The van der Waals surface area contributed by atoms with Crippen molar-refractivity contribution >= 4 is 35.3 Å². The predicted octanol–water partition coefficient (Wildman–Crippen LogP) is 3.96. The van der Waals surface area contributed by atoms with Gasteiger partial charge >= 0.3 is 0 Å². The second-order valence-corrected chi connectivity index (χ2v) is 6.22. The van der Waals surface area contributed by atoms with Crippen LogP contribution in [-0.4, -0.2) is 27.0 Å². The van der Waals surface area contributed by atoms with Gasteiger partial charge in [0.25, 0.3) is 5.91 Å². The maximum absolute atomic E-state index is 12.0. The number of nitrogens with zero attached hydrogens (tertiary/aromatic N) is 3. The summed E-state index contributed by atoms with van der Waals surface area (Å²) < 4.78 is 1.55. The van der Waals surface area contributed by atoms with E-state index in [0.29, 0.717) is 27.0 Å². The quantitative estimate of drug-likeness (QED) is 0.524. The summed E-state index contributed by atoms with van der Waals surface area (Å²) in [6, 6.07) is 13.0. The summed E-state index contributed by atoms with van der Waals surface area (Å²) in [7, 11) is 0. The van der Waals surface area contributed by atoms with Crippen LogP contribution in [0, 0.1) is 6.92 Å². The third kappa shape index (κ3) is 3.87. The molecule has 2 N–H and O–H groups in total. The first-order valence-corrected chi connectivity index (χ1v) is 8.35. The van der Waals surface area contributed by atoms with E-state index >= 15 is 0 Å². The van der Waals surface area contributed by atoms with Gasteiger partial charge in [-0.15, -0.1) is 0 Å². The molecule has 132 valence electrons. The second kappa shape index (κ2) is 7.59. The highest BCUT2D eigenvalue weighted by Crippen LogP contribution is 2.23. The molecule has 0 bridgehead atoms. The van der Waals surface area contributed by atoms with Crippen LogP contribution in [0.3, 0.4) is 0 Å². The molecule has 0 radical (unpaired) electrons. The summed E-state index contributed by atoms with van der Waals surface area (Å²) in [4.78, 5) is 12.0. The molecule has 8 heteroatoms. The van der Waals surface area contributed by atoms with E-state index in [1.165, 1.54) is 30.5 Å². The van der Waals surface area contributed by atoms with Crippen molar-refractivity contribution in [2.75, 3.05) is 0 Å². The number of nitrogens with one attached hydrogen (secondary N) is 1. The van der Waals surface area contributed by atoms with E-state index in [4.69, 9.17) is 23.2 Å². The van der Waals surface area contributed by atoms with Crippen LogP contribution in [0.2, 0.25) is 10.2 Å². The van der Waals surface area contributed by atoms with Gasteiger partial charge in [-0.3, -0.25) is 4.79 Å². The smallest absolute Gasteiger partial charge is 0.271 e. The van der Waals surface area contributed by atoms with Crippen LogP contribution in [0.25, 0.3) is 5.69 Å². The fraction of sp³-hybridized carbons (Fsp3) is 0.0556. The molecular weight excluding hydrogens is 375 g/mol. The topological polar surface area (TPSA) is 79.5 Å². The second-order valence-electron chi connectivity index (χ2n) is 5.43. The molecule has 2 aromatic carbocycles. The molecule has 0 aliphatic rings. The highest BCUT2D eigenvalue weighted by Gasteiger charge is 2.13. The molecule has 1 heterocycles. The summed E-state index contributed by atoms with van der Waals surface area (Å²) in [5.41, 5.74) is 4.74. The number of benzene rings is 2. The molecule has 0 aliphatic heterocycles. The van der Waals surface area contributed by atoms with E-state index in [2.05, 4.69) is 15.6 Å². The van der Waals surface area contributed by atoms with Gasteiger partial charge in [0.1, 0.15) is 10.9 Å². The van der Waals surface area contributed by atoms with Crippen molar-refractivity contribution in [2.24, 2.45) is 5.10 Å². The van der Waals surface area contributed by atoms with Crippen LogP contribution in [0.5, 0.6) is 5.75 Å². The van der Waals surface area contributed by atoms with Gasteiger partial charge in [0.15, 0.2) is 0 Å². The first kappa shape index (κ1) is 18.0. The fourth-order valence-corrected chi connectivity index (χ4v) is 2.78. The third-order valence-electron chi connectivity index (χ3n) is 3.59. The molecule has 0 fully saturated rings. The lowest BCUT2D eigenvalue weighted by atomic mass is 10.2. The number of aromatic nitrogens is 2. The molecule has 0 aliphatic carbocycles. The lowest BCUT2D eigenvalue weighted by Gasteiger charge is -2.03. The minimum Gasteiger partial charge on any atom is -0.508 e. The third-order valence-corrected chi connectivity index (χ3v) is 4.19. The van der Waals surface area contributed by atoms with Crippen LogP contribution in [-0.2, 0) is 0 Å². The first-order valence-electron chi connectivity index (χ1n) is 7.59. The Morgan fingerprint density at radius 3 is 2.65 bits per heavy atom. The van der Waals surface area contributed by atoms with Crippen molar-refractivity contribution in [2.45, 2.75) is 6.92 Å². The number of hydrogen-bond acceptors (Lipinski definition) is 4. The molecule has 3 aromatic rings. The van der Waals surface area contributed by atoms with Gasteiger partial charge in [-0.2, -0.15) is 10.2 Å². The Kier molecular flexibility index (Phi) is 5.25. The van der Waals surface area contributed by atoms with Gasteiger partial charge < -0.3 is 5.11 Å². The van der Waals surface area contributed by atoms with E-state index in [-0.39, 0.29) is 5.75 Å². The van der Waals surface area contributed by atoms with Gasteiger partial charge in [0.05, 0.1) is 23.2 Å². The predicted molar refractivity (Wildman–Crippen MR) is 101 cm³/mol. The van der Waals surface area contributed by atoms with Crippen molar-refractivity contribution in [1.29, 1.82) is 0 Å². The SMILES string of the molecule is Cc1nn(-c2cccc(Cl)c2)c(Cl)c1/C=N\NC(=O)c1ccc(O)cc1. The molecule has 0 spiro atoms. The summed E-state index contributed by atoms with van der Waals surface area (Å²) in [6.45, 7) is 1.79. The Balaban J connectivity index is 1.79. The molecule has 3 rings (SSSR count). The van der Waals surface area contributed by atoms with E-state index in [1.54, 1.807) is 29.8 Å². The number of hydrazone groups is 1. The van der Waals surface area contributed by atoms with E-state index in [9.17, 15) is 9.90 Å². The Morgan fingerprint density at radius 1 is 1.23 bits per heavy atom. The number of carbonyl (C=O) groups is 1. The number of phenolic OH excluding ortho intramolecular Hbond substituents is 1. The molecule has 1 aromatic heterocycles. The number of halogens is 2. The number of rotatable bonds is 4. The maximum Gasteiger partial charge on any atom is 0.271 e. The van der Waals surface area contributed by atoms with Crippen LogP contribution >= 0.6 is 23.2 Å². The summed E-state index contributed by atoms with van der Waals surface area (Å²) in [5.74, 6) is -0.321. The number of amides is 1. The van der Waals surface area contributed by atoms with Gasteiger partial charge in [-0.05, 0) is 49.4 Å². The number of aromatic hydroxyl groups is 1. The zero-order valence-corrected chi connectivity index (χ0v) is 15.2. The van der Waals surface area contributed by atoms with E-state index < -0.39 is 5.91 Å². The van der Waals surface area contributed by atoms with Crippen LogP contribution in [0.15, 0.2) is 53.6 Å². The molecule has 0 saturated carbocycles. The molecule has 26 heavy (non-hydrogen) atoms. The maximum atomic E-state index is 12.0. The van der Waals surface area contributed by atoms with Gasteiger partial charge in [0.2, 0.25) is 0 Å². The molecule has 1 amide bonds. The normalized spacial score (nSPS) is 11.0. The molecule has 0 unspecified atom stereocenters. The molecular formula is C18H14Cl2N4O2. The Labute approximate surface area is 159 Å². The Bertz CT molecular complexity index is 981. The monoisotopic (exact) mass is 388 g/mol. The van der Waals surface area contributed by atoms with Gasteiger partial charge in [-0.25, -0.2) is 10.1 Å². The van der Waals surface area contributed by atoms with Crippen LogP contribution in [0.4, 0.5) is 0 Å². The number of aryl methyl sites for hydroxylation is 1. The summed E-state index contributed by atoms with van der Waals surface area (Å²) >= 11 is 12.4. The standard InChI is InChI=1S/C18H14Cl2N4O2/c1-11-16(10-21-22-18(26)12-5-7-15(25)8-6-12)17(20)24(23-11)14-4-2-3-13(19)9-14/h2-10,25H,1H3,(H,22,26)/b21-10-. The van der Waals surface area contributed by atoms with E-state index in [0.717, 1.165) is 5.69 Å². The molecule has 0 atom stereocenters. The minimum absolute atomic E-state index is 0.0842.